The first-order valence-corrected chi connectivity index (χ1v) is 8.68. The topological polar surface area (TPSA) is 83.5 Å². The van der Waals surface area contributed by atoms with Crippen LogP contribution >= 0.6 is 31.9 Å². The number of hydrogen-bond donors (Lipinski definition) is 2. The smallest absolute Gasteiger partial charge is 0.337 e. The Balaban J connectivity index is 2.46. The van der Waals surface area contributed by atoms with Crippen LogP contribution in [0, 0.1) is 0 Å². The van der Waals surface area contributed by atoms with Crippen molar-refractivity contribution >= 4 is 53.5 Å². The molecule has 0 amide bonds. The van der Waals surface area contributed by atoms with E-state index in [0.29, 0.717) is 8.95 Å². The Bertz CT molecular complexity index is 806. The van der Waals surface area contributed by atoms with E-state index in [-0.39, 0.29) is 16.1 Å². The zero-order valence-electron chi connectivity index (χ0n) is 10.4. The summed E-state index contributed by atoms with van der Waals surface area (Å²) in [6.45, 7) is 0. The van der Waals surface area contributed by atoms with Crippen molar-refractivity contribution in [3.8, 4) is 0 Å². The van der Waals surface area contributed by atoms with Crippen molar-refractivity contribution in [3.63, 3.8) is 0 Å². The molecule has 21 heavy (non-hydrogen) atoms. The molecule has 0 radical (unpaired) electrons. The van der Waals surface area contributed by atoms with Gasteiger partial charge in [-0.05, 0) is 36.4 Å². The number of halogens is 2. The summed E-state index contributed by atoms with van der Waals surface area (Å²) in [5.41, 5.74) is -0.131. The number of carbonyl (C=O) groups is 1. The zero-order valence-corrected chi connectivity index (χ0v) is 14.4. The van der Waals surface area contributed by atoms with Gasteiger partial charge in [0.15, 0.2) is 0 Å². The molecule has 0 saturated carbocycles. The van der Waals surface area contributed by atoms with Gasteiger partial charge in [0.05, 0.1) is 16.1 Å². The van der Waals surface area contributed by atoms with Crippen LogP contribution in [-0.2, 0) is 10.0 Å². The second-order valence-electron chi connectivity index (χ2n) is 4.06. The molecule has 0 atom stereocenters. The third-order valence-corrected chi connectivity index (χ3v) is 4.91. The second-order valence-corrected chi connectivity index (χ2v) is 7.57. The highest BCUT2D eigenvalue weighted by molar-refractivity contribution is 9.10. The Morgan fingerprint density at radius 3 is 2.33 bits per heavy atom. The zero-order chi connectivity index (χ0) is 15.6. The van der Waals surface area contributed by atoms with Gasteiger partial charge >= 0.3 is 5.97 Å². The van der Waals surface area contributed by atoms with Crippen molar-refractivity contribution < 1.29 is 18.3 Å². The molecule has 0 bridgehead atoms. The molecule has 2 aromatic rings. The van der Waals surface area contributed by atoms with E-state index in [4.69, 9.17) is 5.11 Å². The summed E-state index contributed by atoms with van der Waals surface area (Å²) in [4.78, 5) is 11.2. The minimum atomic E-state index is -3.87. The highest BCUT2D eigenvalue weighted by Gasteiger charge is 2.19. The minimum absolute atomic E-state index is 0.00292. The summed E-state index contributed by atoms with van der Waals surface area (Å²) >= 11 is 6.38. The van der Waals surface area contributed by atoms with Crippen molar-refractivity contribution in [1.29, 1.82) is 0 Å². The number of nitrogens with one attached hydrogen (secondary N) is 1. The van der Waals surface area contributed by atoms with E-state index in [1.54, 1.807) is 12.1 Å². The standard InChI is InChI=1S/C13H9Br2NO4S/c14-8-2-1-3-10(6-8)21(19,20)16-12-7-9(15)4-5-11(12)13(17)18/h1-7,16H,(H,17,18). The lowest BCUT2D eigenvalue weighted by Crippen LogP contribution is -2.15. The Hall–Kier alpha value is -1.38. The van der Waals surface area contributed by atoms with Gasteiger partial charge in [-0.25, -0.2) is 13.2 Å². The van der Waals surface area contributed by atoms with Crippen LogP contribution in [0.5, 0.6) is 0 Å². The van der Waals surface area contributed by atoms with Crippen molar-refractivity contribution in [2.75, 3.05) is 4.72 Å². The van der Waals surface area contributed by atoms with E-state index in [1.165, 1.54) is 30.3 Å². The average Bonchev–Trinajstić information content (AvgIpc) is 2.38. The molecule has 0 aromatic heterocycles. The van der Waals surface area contributed by atoms with Gasteiger partial charge in [-0.15, -0.1) is 0 Å². The lowest BCUT2D eigenvalue weighted by atomic mass is 10.2. The average molecular weight is 435 g/mol. The van der Waals surface area contributed by atoms with Gasteiger partial charge in [-0.1, -0.05) is 37.9 Å². The highest BCUT2D eigenvalue weighted by atomic mass is 79.9. The van der Waals surface area contributed by atoms with E-state index in [1.807, 2.05) is 0 Å². The minimum Gasteiger partial charge on any atom is -0.478 e. The van der Waals surface area contributed by atoms with Gasteiger partial charge in [0.1, 0.15) is 0 Å². The van der Waals surface area contributed by atoms with Crippen molar-refractivity contribution in [2.24, 2.45) is 0 Å². The molecule has 0 saturated heterocycles. The van der Waals surface area contributed by atoms with E-state index in [9.17, 15) is 13.2 Å². The Kier molecular flexibility index (Phi) is 4.70. The number of hydrogen-bond acceptors (Lipinski definition) is 3. The number of carboxylic acid groups (broad SMARTS) is 1. The molecule has 5 nitrogen and oxygen atoms in total. The van der Waals surface area contributed by atoms with Crippen molar-refractivity contribution in [2.45, 2.75) is 4.90 Å². The van der Waals surface area contributed by atoms with Crippen molar-refractivity contribution in [1.82, 2.24) is 0 Å². The van der Waals surface area contributed by atoms with Gasteiger partial charge in [0, 0.05) is 8.95 Å². The maximum atomic E-state index is 12.3. The third-order valence-electron chi connectivity index (χ3n) is 2.56. The largest absolute Gasteiger partial charge is 0.478 e. The number of sulfonamides is 1. The molecule has 0 aliphatic rings. The molecule has 0 unspecified atom stereocenters. The Labute approximate surface area is 138 Å². The summed E-state index contributed by atoms with van der Waals surface area (Å²) in [6.07, 6.45) is 0. The lowest BCUT2D eigenvalue weighted by molar-refractivity contribution is 0.0698. The predicted octanol–water partition coefficient (Wildman–Crippen LogP) is 3.71. The van der Waals surface area contributed by atoms with Gasteiger partial charge < -0.3 is 5.11 Å². The molecule has 2 N–H and O–H groups in total. The normalized spacial score (nSPS) is 11.1. The number of rotatable bonds is 4. The van der Waals surface area contributed by atoms with Gasteiger partial charge in [0.2, 0.25) is 0 Å². The van der Waals surface area contributed by atoms with E-state index in [0.717, 1.165) is 0 Å². The molecule has 2 rings (SSSR count). The van der Waals surface area contributed by atoms with E-state index >= 15 is 0 Å². The lowest BCUT2D eigenvalue weighted by Gasteiger charge is -2.11. The molecule has 2 aromatic carbocycles. The fourth-order valence-corrected chi connectivity index (χ4v) is 3.65. The molecule has 0 aliphatic heterocycles. The van der Waals surface area contributed by atoms with Gasteiger partial charge in [-0.2, -0.15) is 0 Å². The molecular weight excluding hydrogens is 426 g/mol. The van der Waals surface area contributed by atoms with Crippen LogP contribution in [0.4, 0.5) is 5.69 Å². The van der Waals surface area contributed by atoms with Gasteiger partial charge in [-0.3, -0.25) is 4.72 Å². The molecule has 0 heterocycles. The number of carboxylic acids is 1. The first kappa shape index (κ1) is 16.0. The molecule has 8 heteroatoms. The first-order chi connectivity index (χ1) is 9.79. The van der Waals surface area contributed by atoms with Crippen LogP contribution < -0.4 is 4.72 Å². The first-order valence-electron chi connectivity index (χ1n) is 5.61. The third kappa shape index (κ3) is 3.84. The summed E-state index contributed by atoms with van der Waals surface area (Å²) < 4.78 is 28.1. The van der Waals surface area contributed by atoms with Crippen LogP contribution in [-0.4, -0.2) is 19.5 Å². The van der Waals surface area contributed by atoms with Crippen molar-refractivity contribution in [3.05, 3.63) is 57.0 Å². The van der Waals surface area contributed by atoms with Crippen LogP contribution in [0.3, 0.4) is 0 Å². The quantitative estimate of drug-likeness (QED) is 0.768. The van der Waals surface area contributed by atoms with Crippen LogP contribution in [0.25, 0.3) is 0 Å². The molecule has 0 fully saturated rings. The number of anilines is 1. The van der Waals surface area contributed by atoms with Crippen LogP contribution in [0.15, 0.2) is 56.3 Å². The molecular formula is C13H9Br2NO4S. The van der Waals surface area contributed by atoms with Crippen LogP contribution in [0.2, 0.25) is 0 Å². The fourth-order valence-electron chi connectivity index (χ4n) is 1.63. The van der Waals surface area contributed by atoms with Crippen LogP contribution in [0.1, 0.15) is 10.4 Å². The highest BCUT2D eigenvalue weighted by Crippen LogP contribution is 2.25. The Morgan fingerprint density at radius 2 is 1.71 bits per heavy atom. The summed E-state index contributed by atoms with van der Waals surface area (Å²) in [5, 5.41) is 9.11. The summed E-state index contributed by atoms with van der Waals surface area (Å²) in [7, 11) is -3.87. The second kappa shape index (κ2) is 6.17. The molecule has 0 aliphatic carbocycles. The predicted molar refractivity (Wildman–Crippen MR) is 86.1 cm³/mol. The fraction of sp³-hybridized carbons (Fsp3) is 0. The maximum absolute atomic E-state index is 12.3. The molecule has 0 spiro atoms. The monoisotopic (exact) mass is 433 g/mol. The van der Waals surface area contributed by atoms with E-state index < -0.39 is 16.0 Å². The summed E-state index contributed by atoms with van der Waals surface area (Å²) in [5.74, 6) is -1.21. The summed E-state index contributed by atoms with van der Waals surface area (Å²) in [6, 6.07) is 10.4. The molecule has 110 valence electrons. The number of aromatic carboxylic acids is 1. The Morgan fingerprint density at radius 1 is 1.05 bits per heavy atom. The van der Waals surface area contributed by atoms with Gasteiger partial charge in [0.25, 0.3) is 10.0 Å². The number of benzene rings is 2. The SMILES string of the molecule is O=C(O)c1ccc(Br)cc1NS(=O)(=O)c1cccc(Br)c1. The van der Waals surface area contributed by atoms with E-state index in [2.05, 4.69) is 36.6 Å². The maximum Gasteiger partial charge on any atom is 0.337 e.